The van der Waals surface area contributed by atoms with Crippen LogP contribution >= 0.6 is 0 Å². The van der Waals surface area contributed by atoms with E-state index in [0.717, 1.165) is 12.1 Å². The Balaban J connectivity index is 3.31. The maximum Gasteiger partial charge on any atom is 0.335 e. The third kappa shape index (κ3) is 1.37. The largest absolute Gasteiger partial charge is 0.505 e. The number of hydrogen-bond acceptors (Lipinski definition) is 2. The molecule has 0 saturated carbocycles. The minimum absolute atomic E-state index is 0.118. The van der Waals surface area contributed by atoms with Crippen molar-refractivity contribution in [3.05, 3.63) is 29.1 Å². The molecule has 0 fully saturated rings. The summed E-state index contributed by atoms with van der Waals surface area (Å²) in [7, 11) is 0. The van der Waals surface area contributed by atoms with Crippen molar-refractivity contribution in [3.63, 3.8) is 0 Å². The minimum atomic E-state index is -1.19. The number of hydrogen-bond donors (Lipinski definition) is 2. The lowest BCUT2D eigenvalue weighted by Gasteiger charge is -2.00. The fourth-order valence-electron chi connectivity index (χ4n) is 0.874. The molecule has 0 heterocycles. The van der Waals surface area contributed by atoms with E-state index >= 15 is 0 Å². The van der Waals surface area contributed by atoms with Crippen molar-refractivity contribution < 1.29 is 19.4 Å². The number of benzene rings is 1. The summed E-state index contributed by atoms with van der Waals surface area (Å²) >= 11 is 0. The fourth-order valence-corrected chi connectivity index (χ4v) is 0.874. The van der Waals surface area contributed by atoms with Crippen LogP contribution in [0.2, 0.25) is 0 Å². The van der Waals surface area contributed by atoms with E-state index in [0.29, 0.717) is 0 Å². The molecule has 0 aliphatic carbocycles. The molecule has 4 heteroatoms. The first-order chi connectivity index (χ1) is 5.52. The van der Waals surface area contributed by atoms with Crippen LogP contribution in [0.1, 0.15) is 15.9 Å². The van der Waals surface area contributed by atoms with Crippen LogP contribution in [0.4, 0.5) is 4.39 Å². The van der Waals surface area contributed by atoms with E-state index in [-0.39, 0.29) is 11.1 Å². The highest BCUT2D eigenvalue weighted by Gasteiger charge is 2.10. The number of halogens is 1. The van der Waals surface area contributed by atoms with Gasteiger partial charge in [-0.15, -0.1) is 0 Å². The number of aromatic carboxylic acids is 1. The van der Waals surface area contributed by atoms with Gasteiger partial charge in [0.15, 0.2) is 11.6 Å². The lowest BCUT2D eigenvalue weighted by molar-refractivity contribution is 0.0696. The maximum atomic E-state index is 12.7. The van der Waals surface area contributed by atoms with Crippen LogP contribution < -0.4 is 0 Å². The van der Waals surface area contributed by atoms with Crippen LogP contribution in [0.5, 0.6) is 5.75 Å². The van der Waals surface area contributed by atoms with Crippen molar-refractivity contribution in [2.45, 2.75) is 6.92 Å². The van der Waals surface area contributed by atoms with Crippen LogP contribution in [0.25, 0.3) is 0 Å². The second-order valence-electron chi connectivity index (χ2n) is 2.43. The van der Waals surface area contributed by atoms with Crippen LogP contribution in [0, 0.1) is 12.7 Å². The highest BCUT2D eigenvalue weighted by molar-refractivity contribution is 5.88. The first kappa shape index (κ1) is 8.52. The molecule has 1 aromatic rings. The molecule has 0 amide bonds. The lowest BCUT2D eigenvalue weighted by Crippen LogP contribution is -1.97. The van der Waals surface area contributed by atoms with Gasteiger partial charge in [0.1, 0.15) is 0 Å². The first-order valence-electron chi connectivity index (χ1n) is 3.25. The summed E-state index contributed by atoms with van der Waals surface area (Å²) in [6.07, 6.45) is 0. The zero-order valence-corrected chi connectivity index (χ0v) is 6.34. The molecule has 0 radical (unpaired) electrons. The lowest BCUT2D eigenvalue weighted by atomic mass is 10.1. The van der Waals surface area contributed by atoms with E-state index in [1.54, 1.807) is 0 Å². The van der Waals surface area contributed by atoms with Crippen molar-refractivity contribution >= 4 is 5.97 Å². The monoisotopic (exact) mass is 170 g/mol. The number of carboxylic acids is 1. The molecule has 3 nitrogen and oxygen atoms in total. The Kier molecular flexibility index (Phi) is 1.99. The molecule has 64 valence electrons. The molecule has 1 rings (SSSR count). The van der Waals surface area contributed by atoms with Crippen LogP contribution in [0.15, 0.2) is 12.1 Å². The van der Waals surface area contributed by atoms with Gasteiger partial charge in [-0.25, -0.2) is 9.18 Å². The highest BCUT2D eigenvalue weighted by atomic mass is 19.1. The minimum Gasteiger partial charge on any atom is -0.505 e. The molecule has 0 aliphatic rings. The first-order valence-corrected chi connectivity index (χ1v) is 3.25. The van der Waals surface area contributed by atoms with Gasteiger partial charge in [0, 0.05) is 0 Å². The zero-order chi connectivity index (χ0) is 9.30. The van der Waals surface area contributed by atoms with E-state index in [1.807, 2.05) is 0 Å². The Labute approximate surface area is 68.1 Å². The molecule has 0 aliphatic heterocycles. The van der Waals surface area contributed by atoms with E-state index in [2.05, 4.69) is 0 Å². The van der Waals surface area contributed by atoms with Crippen molar-refractivity contribution in [1.82, 2.24) is 0 Å². The van der Waals surface area contributed by atoms with E-state index in [9.17, 15) is 9.18 Å². The molecular formula is C8H7FO3. The standard InChI is InChI=1S/C8H7FO3/c1-4-2-5(8(11)12)3-6(10)7(4)9/h2-3,10H,1H3,(H,11,12). The second-order valence-corrected chi connectivity index (χ2v) is 2.43. The van der Waals surface area contributed by atoms with Gasteiger partial charge >= 0.3 is 5.97 Å². The molecule has 1 aromatic carbocycles. The summed E-state index contributed by atoms with van der Waals surface area (Å²) in [5, 5.41) is 17.4. The number of phenols is 1. The highest BCUT2D eigenvalue weighted by Crippen LogP contribution is 2.20. The third-order valence-electron chi connectivity index (χ3n) is 1.48. The molecular weight excluding hydrogens is 163 g/mol. The summed E-state index contributed by atoms with van der Waals surface area (Å²) in [5.41, 5.74) is -0.00111. The Morgan fingerprint density at radius 1 is 1.50 bits per heavy atom. The third-order valence-corrected chi connectivity index (χ3v) is 1.48. The molecule has 0 aromatic heterocycles. The van der Waals surface area contributed by atoms with E-state index in [1.165, 1.54) is 6.92 Å². The van der Waals surface area contributed by atoms with Gasteiger partial charge in [0.2, 0.25) is 0 Å². The predicted octanol–water partition coefficient (Wildman–Crippen LogP) is 1.54. The summed E-state index contributed by atoms with van der Waals surface area (Å²) < 4.78 is 12.7. The molecule has 2 N–H and O–H groups in total. The summed E-state index contributed by atoms with van der Waals surface area (Å²) in [6, 6.07) is 2.04. The smallest absolute Gasteiger partial charge is 0.335 e. The molecule has 0 spiro atoms. The maximum absolute atomic E-state index is 12.7. The van der Waals surface area contributed by atoms with Crippen molar-refractivity contribution in [2.75, 3.05) is 0 Å². The van der Waals surface area contributed by atoms with Gasteiger partial charge in [-0.3, -0.25) is 0 Å². The number of aryl methyl sites for hydroxylation is 1. The van der Waals surface area contributed by atoms with Gasteiger partial charge in [-0.1, -0.05) is 0 Å². The molecule has 12 heavy (non-hydrogen) atoms. The normalized spacial score (nSPS) is 9.83. The zero-order valence-electron chi connectivity index (χ0n) is 6.34. The number of rotatable bonds is 1. The van der Waals surface area contributed by atoms with Gasteiger partial charge in [-0.05, 0) is 24.6 Å². The van der Waals surface area contributed by atoms with Crippen molar-refractivity contribution in [1.29, 1.82) is 0 Å². The molecule has 0 atom stereocenters. The van der Waals surface area contributed by atoms with E-state index < -0.39 is 17.5 Å². The average molecular weight is 170 g/mol. The number of aromatic hydroxyl groups is 1. The quantitative estimate of drug-likeness (QED) is 0.672. The molecule has 0 saturated heterocycles. The Morgan fingerprint density at radius 2 is 2.08 bits per heavy atom. The summed E-state index contributed by atoms with van der Waals surface area (Å²) in [6.45, 7) is 1.39. The topological polar surface area (TPSA) is 57.5 Å². The van der Waals surface area contributed by atoms with Gasteiger partial charge in [-0.2, -0.15) is 0 Å². The number of phenolic OH excluding ortho intramolecular Hbond substituents is 1. The van der Waals surface area contributed by atoms with Gasteiger partial charge in [0.05, 0.1) is 5.56 Å². The number of carboxylic acid groups (broad SMARTS) is 1. The van der Waals surface area contributed by atoms with E-state index in [4.69, 9.17) is 10.2 Å². The Hall–Kier alpha value is -1.58. The average Bonchev–Trinajstić information content (AvgIpc) is 1.99. The van der Waals surface area contributed by atoms with Gasteiger partial charge < -0.3 is 10.2 Å². The Bertz CT molecular complexity index is 310. The van der Waals surface area contributed by atoms with Gasteiger partial charge in [0.25, 0.3) is 0 Å². The van der Waals surface area contributed by atoms with Crippen molar-refractivity contribution in [2.24, 2.45) is 0 Å². The predicted molar refractivity (Wildman–Crippen MR) is 39.8 cm³/mol. The second kappa shape index (κ2) is 2.81. The van der Waals surface area contributed by atoms with Crippen LogP contribution in [-0.2, 0) is 0 Å². The Morgan fingerprint density at radius 3 is 2.50 bits per heavy atom. The number of carbonyl (C=O) groups is 1. The summed E-state index contributed by atoms with van der Waals surface area (Å²) in [4.78, 5) is 10.4. The van der Waals surface area contributed by atoms with Crippen LogP contribution in [0.3, 0.4) is 0 Å². The fraction of sp³-hybridized carbons (Fsp3) is 0.125. The SMILES string of the molecule is Cc1cc(C(=O)O)cc(O)c1F. The van der Waals surface area contributed by atoms with Crippen LogP contribution in [-0.4, -0.2) is 16.2 Å². The van der Waals surface area contributed by atoms with Crippen molar-refractivity contribution in [3.8, 4) is 5.75 Å². The molecule has 0 unspecified atom stereocenters. The molecule has 0 bridgehead atoms. The summed E-state index contributed by atoms with van der Waals surface area (Å²) in [5.74, 6) is -2.60.